The van der Waals surface area contributed by atoms with Crippen LogP contribution in [0.4, 0.5) is 0 Å². The number of carbonyl (C=O) groups excluding carboxylic acids is 1. The summed E-state index contributed by atoms with van der Waals surface area (Å²) in [6.45, 7) is 8.36. The van der Waals surface area contributed by atoms with Crippen molar-refractivity contribution < 1.29 is 4.79 Å². The van der Waals surface area contributed by atoms with E-state index in [9.17, 15) is 4.79 Å². The van der Waals surface area contributed by atoms with Gasteiger partial charge in [-0.1, -0.05) is 20.3 Å². The lowest BCUT2D eigenvalue weighted by Crippen LogP contribution is -2.41. The Bertz CT molecular complexity index is 400. The molecule has 0 aromatic carbocycles. The van der Waals surface area contributed by atoms with Gasteiger partial charge in [0.1, 0.15) is 0 Å². The Balaban J connectivity index is 2.58. The molecule has 0 fully saturated rings. The van der Waals surface area contributed by atoms with Gasteiger partial charge in [-0.25, -0.2) is 0 Å². The molecule has 0 aliphatic carbocycles. The molecule has 0 saturated carbocycles. The molecule has 1 heterocycles. The van der Waals surface area contributed by atoms with E-state index in [0.717, 1.165) is 25.8 Å². The third kappa shape index (κ3) is 5.37. The molecule has 0 bridgehead atoms. The number of hydrogen-bond acceptors (Lipinski definition) is 2. The van der Waals surface area contributed by atoms with Gasteiger partial charge in [0.2, 0.25) is 5.91 Å². The quantitative estimate of drug-likeness (QED) is 0.754. The van der Waals surface area contributed by atoms with E-state index in [2.05, 4.69) is 36.7 Å². The van der Waals surface area contributed by atoms with Gasteiger partial charge >= 0.3 is 0 Å². The smallest absolute Gasteiger partial charge is 0.236 e. The van der Waals surface area contributed by atoms with Crippen LogP contribution in [-0.4, -0.2) is 34.5 Å². The molecule has 1 aromatic heterocycles. The Morgan fingerprint density at radius 2 is 2.20 bits per heavy atom. The highest BCUT2D eigenvalue weighted by Crippen LogP contribution is 2.07. The monoisotopic (exact) mass is 279 g/mol. The fraction of sp³-hybridized carbons (Fsp3) is 0.688. The van der Waals surface area contributed by atoms with E-state index in [1.54, 1.807) is 0 Å². The fourth-order valence-electron chi connectivity index (χ4n) is 2.01. The second kappa shape index (κ2) is 8.80. The minimum atomic E-state index is 0.194. The van der Waals surface area contributed by atoms with Crippen molar-refractivity contribution in [2.45, 2.75) is 52.6 Å². The fourth-order valence-corrected chi connectivity index (χ4v) is 2.01. The number of nitrogens with one attached hydrogen (secondary N) is 1. The zero-order chi connectivity index (χ0) is 15.0. The van der Waals surface area contributed by atoms with Crippen molar-refractivity contribution in [1.82, 2.24) is 14.8 Å². The van der Waals surface area contributed by atoms with Crippen LogP contribution in [0.3, 0.4) is 0 Å². The van der Waals surface area contributed by atoms with Gasteiger partial charge in [0.05, 0.1) is 13.1 Å². The van der Waals surface area contributed by atoms with Gasteiger partial charge in [-0.2, -0.15) is 0 Å². The highest BCUT2D eigenvalue weighted by molar-refractivity contribution is 5.78. The van der Waals surface area contributed by atoms with Crippen LogP contribution in [0.25, 0.3) is 0 Å². The number of hydrogen-bond donors (Lipinski definition) is 1. The number of amides is 1. The molecule has 1 amide bonds. The van der Waals surface area contributed by atoms with E-state index >= 15 is 0 Å². The molecule has 1 rings (SSSR count). The molecule has 1 N–H and O–H groups in total. The van der Waals surface area contributed by atoms with Crippen molar-refractivity contribution in [3.8, 4) is 0 Å². The number of aryl methyl sites for hydroxylation is 1. The molecule has 0 spiro atoms. The first kappa shape index (κ1) is 16.8. The van der Waals surface area contributed by atoms with Crippen LogP contribution in [0.5, 0.6) is 0 Å². The van der Waals surface area contributed by atoms with E-state index in [-0.39, 0.29) is 5.91 Å². The molecule has 1 unspecified atom stereocenters. The number of nitrogens with zero attached hydrogens (tertiary/aromatic N) is 2. The summed E-state index contributed by atoms with van der Waals surface area (Å²) in [4.78, 5) is 14.3. The largest absolute Gasteiger partial charge is 0.353 e. The Hall–Kier alpha value is -1.29. The Morgan fingerprint density at radius 1 is 1.45 bits per heavy atom. The van der Waals surface area contributed by atoms with Crippen molar-refractivity contribution in [1.29, 1.82) is 0 Å². The summed E-state index contributed by atoms with van der Waals surface area (Å²) in [5.74, 6) is 0.194. The summed E-state index contributed by atoms with van der Waals surface area (Å²) < 4.78 is 2.08. The molecule has 0 aliphatic heterocycles. The zero-order valence-electron chi connectivity index (χ0n) is 13.4. The molecule has 1 atom stereocenters. The third-order valence-corrected chi connectivity index (χ3v) is 3.75. The van der Waals surface area contributed by atoms with Crippen molar-refractivity contribution in [3.05, 3.63) is 24.0 Å². The second-order valence-corrected chi connectivity index (χ2v) is 5.47. The maximum atomic E-state index is 12.4. The first-order valence-electron chi connectivity index (χ1n) is 7.69. The SMILES string of the molecule is CCCCN(Cc1cccn1C)C(=O)CNC(C)CC. The summed E-state index contributed by atoms with van der Waals surface area (Å²) in [7, 11) is 2.02. The van der Waals surface area contributed by atoms with E-state index < -0.39 is 0 Å². The van der Waals surface area contributed by atoms with Gasteiger partial charge in [0, 0.05) is 31.5 Å². The van der Waals surface area contributed by atoms with Gasteiger partial charge in [-0.3, -0.25) is 4.79 Å². The van der Waals surface area contributed by atoms with Gasteiger partial charge in [0.25, 0.3) is 0 Å². The first-order valence-corrected chi connectivity index (χ1v) is 7.69. The average Bonchev–Trinajstić information content (AvgIpc) is 2.85. The Morgan fingerprint density at radius 3 is 2.75 bits per heavy atom. The van der Waals surface area contributed by atoms with E-state index in [0.29, 0.717) is 19.1 Å². The maximum Gasteiger partial charge on any atom is 0.236 e. The Labute approximate surface area is 123 Å². The van der Waals surface area contributed by atoms with Gasteiger partial charge < -0.3 is 14.8 Å². The molecule has 0 radical (unpaired) electrons. The van der Waals surface area contributed by atoms with E-state index in [4.69, 9.17) is 0 Å². The molecular formula is C16H29N3O. The summed E-state index contributed by atoms with van der Waals surface area (Å²) in [5, 5.41) is 3.29. The molecule has 114 valence electrons. The van der Waals surface area contributed by atoms with Gasteiger partial charge in [-0.05, 0) is 31.9 Å². The highest BCUT2D eigenvalue weighted by atomic mass is 16.2. The maximum absolute atomic E-state index is 12.4. The topological polar surface area (TPSA) is 37.3 Å². The average molecular weight is 279 g/mol. The first-order chi connectivity index (χ1) is 9.58. The van der Waals surface area contributed by atoms with Crippen LogP contribution in [0.2, 0.25) is 0 Å². The van der Waals surface area contributed by atoms with Crippen LogP contribution >= 0.6 is 0 Å². The van der Waals surface area contributed by atoms with E-state index in [1.807, 2.05) is 24.2 Å². The molecular weight excluding hydrogens is 250 g/mol. The van der Waals surface area contributed by atoms with Gasteiger partial charge in [-0.15, -0.1) is 0 Å². The molecule has 4 nitrogen and oxygen atoms in total. The molecule has 0 aliphatic rings. The summed E-state index contributed by atoms with van der Waals surface area (Å²) in [6, 6.07) is 4.49. The zero-order valence-corrected chi connectivity index (χ0v) is 13.4. The molecule has 1 aromatic rings. The standard InChI is InChI=1S/C16H29N3O/c1-5-7-11-19(13-15-9-8-10-18(15)4)16(20)12-17-14(3)6-2/h8-10,14,17H,5-7,11-13H2,1-4H3. The minimum absolute atomic E-state index is 0.194. The third-order valence-electron chi connectivity index (χ3n) is 3.75. The number of unbranched alkanes of at least 4 members (excludes halogenated alkanes) is 1. The molecule has 20 heavy (non-hydrogen) atoms. The second-order valence-electron chi connectivity index (χ2n) is 5.47. The Kier molecular flexibility index (Phi) is 7.37. The molecule has 0 saturated heterocycles. The lowest BCUT2D eigenvalue weighted by atomic mass is 10.2. The van der Waals surface area contributed by atoms with Gasteiger partial charge in [0.15, 0.2) is 0 Å². The van der Waals surface area contributed by atoms with Crippen LogP contribution in [0.15, 0.2) is 18.3 Å². The molecule has 4 heteroatoms. The number of aromatic nitrogens is 1. The number of carbonyl (C=O) groups is 1. The summed E-state index contributed by atoms with van der Waals surface area (Å²) in [5.41, 5.74) is 1.18. The minimum Gasteiger partial charge on any atom is -0.353 e. The van der Waals surface area contributed by atoms with Crippen molar-refractivity contribution >= 4 is 5.91 Å². The van der Waals surface area contributed by atoms with Crippen LogP contribution in [0, 0.1) is 0 Å². The van der Waals surface area contributed by atoms with Crippen molar-refractivity contribution in [2.24, 2.45) is 7.05 Å². The van der Waals surface area contributed by atoms with Crippen molar-refractivity contribution in [2.75, 3.05) is 13.1 Å². The normalized spacial score (nSPS) is 12.4. The summed E-state index contributed by atoms with van der Waals surface area (Å²) in [6.07, 6.45) is 5.23. The summed E-state index contributed by atoms with van der Waals surface area (Å²) >= 11 is 0. The predicted octanol–water partition coefficient (Wildman–Crippen LogP) is 2.54. The highest BCUT2D eigenvalue weighted by Gasteiger charge is 2.15. The van der Waals surface area contributed by atoms with E-state index in [1.165, 1.54) is 5.69 Å². The van der Waals surface area contributed by atoms with Crippen molar-refractivity contribution in [3.63, 3.8) is 0 Å². The van der Waals surface area contributed by atoms with Crippen LogP contribution in [-0.2, 0) is 18.4 Å². The predicted molar refractivity (Wildman–Crippen MR) is 83.5 cm³/mol. The van der Waals surface area contributed by atoms with Crippen LogP contribution in [0.1, 0.15) is 45.7 Å². The number of rotatable bonds is 9. The lowest BCUT2D eigenvalue weighted by molar-refractivity contribution is -0.131. The lowest BCUT2D eigenvalue weighted by Gasteiger charge is -2.24. The van der Waals surface area contributed by atoms with Crippen LogP contribution < -0.4 is 5.32 Å².